The van der Waals surface area contributed by atoms with Gasteiger partial charge in [0.25, 0.3) is 0 Å². The molecule has 4 nitrogen and oxygen atoms in total. The first kappa shape index (κ1) is 58.4. The van der Waals surface area contributed by atoms with Crippen molar-refractivity contribution in [3.05, 3.63) is 392 Å². The van der Waals surface area contributed by atoms with Gasteiger partial charge in [0.2, 0.25) is 0 Å². The van der Waals surface area contributed by atoms with Crippen LogP contribution in [-0.2, 0) is 9.31 Å². The molecule has 2 unspecified atom stereocenters. The van der Waals surface area contributed by atoms with Crippen molar-refractivity contribution in [3.63, 3.8) is 0 Å². The zero-order chi connectivity index (χ0) is 85.2. The summed E-state index contributed by atoms with van der Waals surface area (Å²) in [4.78, 5) is 0. The van der Waals surface area contributed by atoms with Gasteiger partial charge in [-0.05, 0) is 250 Å². The Hall–Kier alpha value is -13.5. The Bertz CT molecular complexity index is 8170. The van der Waals surface area contributed by atoms with E-state index in [1.807, 2.05) is 121 Å². The smallest absolute Gasteiger partial charge is 0.456 e. The molecule has 20 aromatic carbocycles. The second kappa shape index (κ2) is 27.4. The van der Waals surface area contributed by atoms with Crippen molar-refractivity contribution in [1.82, 2.24) is 0 Å². The summed E-state index contributed by atoms with van der Waals surface area (Å²) in [6.45, 7) is 4.30. The van der Waals surface area contributed by atoms with Gasteiger partial charge in [-0.1, -0.05) is 337 Å². The van der Waals surface area contributed by atoms with Crippen LogP contribution in [0, 0.1) is 0 Å². The molecule has 1 aliphatic carbocycles. The Labute approximate surface area is 688 Å². The molecule has 1 aliphatic heterocycles. The molecule has 542 valence electrons. The molecule has 2 atom stereocenters. The standard InChI is InChI=1S/C52H32O.C31H23BO3.C26H17Br/c1-2-12-34(13-3-1)51-43-17-6-8-19-45(43)52(46-20-9-7-18-44(46)51)35-24-22-33(23-25-35)36-26-28-39-38(30-36)32-47(41-15-5-4-14-40(39)41)37-27-29-50-48(31-37)42-16-10-11-21-49(42)53-50;1-30-18-31(30,2)35-32(34-30)21-12-13-22-20(15-21)17-26(24-8-4-3-7-23(22)24)19-11-14-29-27(16-19)25-9-5-6-10-28(25)33-29;27-20-16-14-19(15-17-20)26-23-12-6-4-10-21(23)25(18-8-2-1-3-9-18)22-11-5-7-13-24(22)26/h1-32H;3-17H,18H2,1-2H3;1-17H/i1D,2D,3D,12D,13D;;1D,2D,3D,8D,9D. The second-order valence-electron chi connectivity index (χ2n) is 30.4. The molecule has 115 heavy (non-hydrogen) atoms. The number of fused-ring (bicyclic) bond motifs is 17. The lowest BCUT2D eigenvalue weighted by molar-refractivity contribution is 0.187. The van der Waals surface area contributed by atoms with Gasteiger partial charge in [0.1, 0.15) is 22.3 Å². The van der Waals surface area contributed by atoms with Crippen LogP contribution in [0.3, 0.4) is 0 Å². The third kappa shape index (κ3) is 11.6. The van der Waals surface area contributed by atoms with E-state index in [1.165, 1.54) is 54.4 Å². The molecule has 2 fully saturated rings. The molecule has 1 saturated heterocycles. The Morgan fingerprint density at radius 1 is 0.261 bits per heavy atom. The first-order valence-electron chi connectivity index (χ1n) is 43.7. The summed E-state index contributed by atoms with van der Waals surface area (Å²) in [5, 5.41) is 21.4. The van der Waals surface area contributed by atoms with Gasteiger partial charge in [0.15, 0.2) is 0 Å². The molecular formula is C109H72BBrO4. The van der Waals surface area contributed by atoms with E-state index < -0.39 is 6.04 Å². The number of hydrogen-bond acceptors (Lipinski definition) is 4. The van der Waals surface area contributed by atoms with E-state index in [2.05, 4.69) is 236 Å². The fraction of sp³-hybridized carbons (Fsp3) is 0.0459. The van der Waals surface area contributed by atoms with Gasteiger partial charge >= 0.3 is 7.12 Å². The molecule has 0 N–H and O–H groups in total. The molecule has 24 rings (SSSR count). The summed E-state index contributed by atoms with van der Waals surface area (Å²) in [7, 11) is -0.313. The number of benzene rings is 20. The second-order valence-corrected chi connectivity index (χ2v) is 31.4. The van der Waals surface area contributed by atoms with Gasteiger partial charge in [-0.3, -0.25) is 0 Å². The van der Waals surface area contributed by atoms with Gasteiger partial charge < -0.3 is 18.1 Å². The Morgan fingerprint density at radius 2 is 0.583 bits per heavy atom. The monoisotopic (exact) mass is 1540 g/mol. The van der Waals surface area contributed by atoms with Crippen LogP contribution in [0.15, 0.2) is 401 Å². The van der Waals surface area contributed by atoms with E-state index >= 15 is 0 Å². The number of furan rings is 2. The molecule has 0 radical (unpaired) electrons. The lowest BCUT2D eigenvalue weighted by Crippen LogP contribution is -2.35. The highest BCUT2D eigenvalue weighted by Crippen LogP contribution is 2.58. The normalized spacial score (nSPS) is 16.4. The van der Waals surface area contributed by atoms with Gasteiger partial charge in [0, 0.05) is 32.4 Å². The Balaban J connectivity index is 0.000000119. The average Bonchev–Trinajstić information content (AvgIpc) is 1.53. The van der Waals surface area contributed by atoms with E-state index in [0.717, 1.165) is 148 Å². The minimum Gasteiger partial charge on any atom is -0.456 e. The van der Waals surface area contributed by atoms with E-state index in [-0.39, 0.29) is 83.8 Å². The summed E-state index contributed by atoms with van der Waals surface area (Å²) in [5.74, 6) is 0. The van der Waals surface area contributed by atoms with E-state index in [4.69, 9.17) is 31.9 Å². The van der Waals surface area contributed by atoms with Crippen LogP contribution in [-0.4, -0.2) is 18.3 Å². The third-order valence-corrected chi connectivity index (χ3v) is 24.3. The predicted molar refractivity (Wildman–Crippen MR) is 489 cm³/mol. The van der Waals surface area contributed by atoms with Crippen molar-refractivity contribution in [2.75, 3.05) is 0 Å². The highest BCUT2D eigenvalue weighted by atomic mass is 79.9. The lowest BCUT2D eigenvalue weighted by atomic mass is 9.77. The molecule has 6 heteroatoms. The maximum absolute atomic E-state index is 8.87. The van der Waals surface area contributed by atoms with Crippen LogP contribution in [0.5, 0.6) is 0 Å². The third-order valence-electron chi connectivity index (χ3n) is 23.8. The van der Waals surface area contributed by atoms with Crippen LogP contribution in [0.4, 0.5) is 0 Å². The topological polar surface area (TPSA) is 44.7 Å². The fourth-order valence-corrected chi connectivity index (χ4v) is 18.3. The molecule has 1 saturated carbocycles. The highest BCUT2D eigenvalue weighted by molar-refractivity contribution is 9.10. The largest absolute Gasteiger partial charge is 0.494 e. The molecule has 22 aromatic rings. The molecule has 0 amide bonds. The van der Waals surface area contributed by atoms with Crippen molar-refractivity contribution in [3.8, 4) is 77.9 Å². The molecule has 2 aliphatic rings. The Kier molecular flexibility index (Phi) is 13.9. The zero-order valence-corrected chi connectivity index (χ0v) is 64.1. The maximum atomic E-state index is 8.87. The summed E-state index contributed by atoms with van der Waals surface area (Å²) >= 11 is 3.50. The zero-order valence-electron chi connectivity index (χ0n) is 72.5. The Morgan fingerprint density at radius 3 is 1.01 bits per heavy atom. The van der Waals surface area contributed by atoms with Crippen molar-refractivity contribution in [2.45, 2.75) is 31.5 Å². The van der Waals surface area contributed by atoms with Gasteiger partial charge in [-0.25, -0.2) is 0 Å². The first-order valence-corrected chi connectivity index (χ1v) is 39.5. The van der Waals surface area contributed by atoms with Gasteiger partial charge in [0.05, 0.1) is 24.9 Å². The molecular weight excluding hydrogens is 1460 g/mol. The van der Waals surface area contributed by atoms with Crippen molar-refractivity contribution < 1.29 is 31.9 Å². The molecule has 2 aromatic heterocycles. The summed E-state index contributed by atoms with van der Waals surface area (Å²) in [6.07, 6.45) is 0.962. The van der Waals surface area contributed by atoms with Gasteiger partial charge in [-0.2, -0.15) is 0 Å². The van der Waals surface area contributed by atoms with Crippen LogP contribution >= 0.6 is 15.9 Å². The number of para-hydroxylation sites is 2. The SMILES string of the molecule is CC12CC1(C)OB(c1ccc3c(c1)cc(-c1ccc4oc5ccccc5c4c1)c1ccccc13)O2.[2H]c1c([2H])c([2H])c(-c2c3ccccc3c(-c3ccc(-c4ccc5c(c4)cc(-c4ccc6oc7ccccc7c6c4)c4ccccc45)cc3)c3ccccc23)c([2H])c1[2H].[2H]c1c([2H])c([2H])c(-c2c3ccccc3c(-c3ccc(Br)cc3)c3ccccc23)c([2H])c1[2H]. The van der Waals surface area contributed by atoms with E-state index in [0.29, 0.717) is 11.1 Å². The minimum absolute atomic E-state index is 0.163. The van der Waals surface area contributed by atoms with Crippen LogP contribution in [0.2, 0.25) is 0 Å². The van der Waals surface area contributed by atoms with Crippen molar-refractivity contribution in [1.29, 1.82) is 0 Å². The maximum Gasteiger partial charge on any atom is 0.494 e. The van der Waals surface area contributed by atoms with E-state index in [9.17, 15) is 0 Å². The summed E-state index contributed by atoms with van der Waals surface area (Å²) in [6, 6.07) is 110. The number of halogens is 1. The summed E-state index contributed by atoms with van der Waals surface area (Å²) in [5.41, 5.74) is 17.2. The van der Waals surface area contributed by atoms with Gasteiger partial charge in [-0.15, -0.1) is 0 Å². The van der Waals surface area contributed by atoms with E-state index in [1.54, 1.807) is 0 Å². The van der Waals surface area contributed by atoms with Crippen LogP contribution in [0.1, 0.15) is 34.0 Å². The average molecular weight is 1550 g/mol. The molecule has 0 bridgehead atoms. The number of hydrogen-bond donors (Lipinski definition) is 0. The quantitative estimate of drug-likeness (QED) is 0.0864. The summed E-state index contributed by atoms with van der Waals surface area (Å²) < 4.78 is 110. The lowest BCUT2D eigenvalue weighted by Gasteiger charge is -2.18. The van der Waals surface area contributed by atoms with Crippen molar-refractivity contribution >= 4 is 159 Å². The minimum atomic E-state index is -0.398. The first-order chi connectivity index (χ1) is 60.8. The molecule has 3 heterocycles. The highest BCUT2D eigenvalue weighted by Gasteiger charge is 2.71. The predicted octanol–water partition coefficient (Wildman–Crippen LogP) is 30.2. The van der Waals surface area contributed by atoms with Crippen molar-refractivity contribution in [2.24, 2.45) is 0 Å². The molecule has 0 spiro atoms. The fourth-order valence-electron chi connectivity index (χ4n) is 18.0. The van der Waals surface area contributed by atoms with Crippen LogP contribution in [0.25, 0.3) is 208 Å². The van der Waals surface area contributed by atoms with Crippen LogP contribution < -0.4 is 5.46 Å². The number of rotatable bonds is 8.